The molecule has 47 heavy (non-hydrogen) atoms. The molecule has 2 aliphatic heterocycles. The van der Waals surface area contributed by atoms with Crippen LogP contribution >= 0.6 is 0 Å². The Balaban J connectivity index is 1.33. The van der Waals surface area contributed by atoms with Crippen LogP contribution < -0.4 is 15.8 Å². The van der Waals surface area contributed by atoms with Crippen LogP contribution in [0.2, 0.25) is 0 Å². The minimum Gasteiger partial charge on any atom is -0.494 e. The third kappa shape index (κ3) is 5.61. The second-order valence-electron chi connectivity index (χ2n) is 12.4. The molecule has 12 heteroatoms. The number of carbonyl (C=O) groups excluding carboxylic acids is 2. The van der Waals surface area contributed by atoms with E-state index in [4.69, 9.17) is 25.2 Å². The first-order valence-electron chi connectivity index (χ1n) is 16.2. The largest absolute Gasteiger partial charge is 0.494 e. The molecule has 1 aromatic carbocycles. The Labute approximate surface area is 272 Å². The van der Waals surface area contributed by atoms with Crippen LogP contribution in [0.4, 0.5) is 0 Å². The lowest BCUT2D eigenvalue weighted by Gasteiger charge is -2.36. The Kier molecular flexibility index (Phi) is 8.37. The fourth-order valence-corrected chi connectivity index (χ4v) is 6.95. The van der Waals surface area contributed by atoms with Crippen LogP contribution in [0.1, 0.15) is 53.0 Å². The van der Waals surface area contributed by atoms with Gasteiger partial charge in [-0.15, -0.1) is 0 Å². The first-order valence-corrected chi connectivity index (χ1v) is 16.2. The van der Waals surface area contributed by atoms with Crippen molar-refractivity contribution in [3.05, 3.63) is 59.9 Å². The topological polar surface area (TPSA) is 142 Å². The normalized spacial score (nSPS) is 19.1. The molecule has 2 amide bonds. The van der Waals surface area contributed by atoms with E-state index in [1.54, 1.807) is 31.4 Å². The van der Waals surface area contributed by atoms with Crippen LogP contribution in [0, 0.1) is 0 Å². The van der Waals surface area contributed by atoms with Crippen molar-refractivity contribution in [3.8, 4) is 28.5 Å². The number of hydrogen-bond acceptors (Lipinski definition) is 8. The molecule has 0 unspecified atom stereocenters. The first kappa shape index (κ1) is 30.8. The van der Waals surface area contributed by atoms with E-state index in [0.717, 1.165) is 60.3 Å². The average molecular weight is 637 g/mol. The highest BCUT2D eigenvalue weighted by Gasteiger charge is 2.31. The molecule has 4 aromatic heterocycles. The van der Waals surface area contributed by atoms with E-state index in [1.807, 2.05) is 41.9 Å². The summed E-state index contributed by atoms with van der Waals surface area (Å²) in [5.74, 6) is 1.02. The molecule has 0 radical (unpaired) electrons. The number of nitrogens with one attached hydrogen (secondary N) is 1. The molecule has 7 rings (SSSR count). The number of fused-ring (bicyclic) bond motifs is 4. The number of carbonyl (C=O) groups is 2. The molecule has 1 fully saturated rings. The van der Waals surface area contributed by atoms with Crippen molar-refractivity contribution in [3.63, 3.8) is 0 Å². The van der Waals surface area contributed by atoms with Crippen molar-refractivity contribution in [2.75, 3.05) is 33.9 Å². The van der Waals surface area contributed by atoms with Gasteiger partial charge in [-0.1, -0.05) is 12.8 Å². The number of aryl methyl sites for hydroxylation is 2. The molecule has 5 aromatic rings. The second-order valence-corrected chi connectivity index (χ2v) is 12.4. The minimum absolute atomic E-state index is 0.0607. The maximum Gasteiger partial charge on any atom is 0.270 e. The monoisotopic (exact) mass is 636 g/mol. The molecular formula is C35H40N8O4. The van der Waals surface area contributed by atoms with Crippen molar-refractivity contribution < 1.29 is 19.1 Å². The summed E-state index contributed by atoms with van der Waals surface area (Å²) in [6.45, 7) is 2.35. The molecule has 2 aliphatic rings. The number of pyridine rings is 2. The summed E-state index contributed by atoms with van der Waals surface area (Å²) in [5.41, 5.74) is 11.8. The molecule has 0 saturated carbocycles. The summed E-state index contributed by atoms with van der Waals surface area (Å²) in [5, 5.41) is 3.99. The number of hydrogen-bond donors (Lipinski definition) is 2. The summed E-state index contributed by atoms with van der Waals surface area (Å²) in [4.78, 5) is 43.1. The highest BCUT2D eigenvalue weighted by molar-refractivity contribution is 6.01. The second kappa shape index (κ2) is 12.8. The lowest BCUT2D eigenvalue weighted by Crippen LogP contribution is -2.53. The van der Waals surface area contributed by atoms with E-state index in [1.165, 1.54) is 0 Å². The Morgan fingerprint density at radius 1 is 1.04 bits per heavy atom. The van der Waals surface area contributed by atoms with Gasteiger partial charge in [-0.25, -0.2) is 9.97 Å². The van der Waals surface area contributed by atoms with E-state index in [9.17, 15) is 9.59 Å². The number of ether oxygens (including phenoxy) is 2. The number of benzene rings is 1. The highest BCUT2D eigenvalue weighted by Crippen LogP contribution is 2.35. The van der Waals surface area contributed by atoms with Gasteiger partial charge in [-0.05, 0) is 61.7 Å². The maximum atomic E-state index is 13.7. The van der Waals surface area contributed by atoms with E-state index in [-0.39, 0.29) is 24.0 Å². The Hall–Kier alpha value is -4.81. The van der Waals surface area contributed by atoms with Gasteiger partial charge < -0.3 is 34.6 Å². The van der Waals surface area contributed by atoms with E-state index in [0.29, 0.717) is 59.8 Å². The Morgan fingerprint density at radius 2 is 1.89 bits per heavy atom. The molecular weight excluding hydrogens is 596 g/mol. The number of nitrogens with zero attached hydrogens (tertiary/aromatic N) is 6. The predicted octanol–water partition coefficient (Wildman–Crippen LogP) is 4.15. The average Bonchev–Trinajstić information content (AvgIpc) is 3.62. The molecule has 0 spiro atoms. The molecule has 1 saturated heterocycles. The molecule has 6 heterocycles. The van der Waals surface area contributed by atoms with E-state index >= 15 is 0 Å². The summed E-state index contributed by atoms with van der Waals surface area (Å²) in [6, 6.07) is 13.2. The summed E-state index contributed by atoms with van der Waals surface area (Å²) >= 11 is 0. The number of likely N-dealkylation sites (tertiary alicyclic amines) is 1. The maximum absolute atomic E-state index is 13.7. The lowest BCUT2D eigenvalue weighted by atomic mass is 10.0. The van der Waals surface area contributed by atoms with Crippen molar-refractivity contribution >= 4 is 33.9 Å². The Bertz CT molecular complexity index is 1980. The van der Waals surface area contributed by atoms with Gasteiger partial charge in [0, 0.05) is 69.1 Å². The third-order valence-corrected chi connectivity index (χ3v) is 9.45. The zero-order chi connectivity index (χ0) is 32.7. The van der Waals surface area contributed by atoms with Gasteiger partial charge in [-0.2, -0.15) is 0 Å². The van der Waals surface area contributed by atoms with Crippen LogP contribution in [0.15, 0.2) is 48.7 Å². The van der Waals surface area contributed by atoms with Crippen LogP contribution in [-0.4, -0.2) is 86.8 Å². The molecule has 12 nitrogen and oxygen atoms in total. The zero-order valence-electron chi connectivity index (χ0n) is 27.0. The number of methoxy groups -OCH3 is 2. The van der Waals surface area contributed by atoms with Gasteiger partial charge in [0.25, 0.3) is 11.8 Å². The standard InChI is InChI=1S/C35H40N8O4/c1-41-31-26(17-22(19-29(31)47-3)35(45)42-16-12-28(46-2)24(36)20-42)40-33(41)27-18-21-10-11-25-23-9-8-14-37-30(23)34(44)38-13-6-4-5-7-15-43(27)32(21)39-25/h8-11,14,17-19,24,28H,4-7,12-13,15-16,20,36H2,1-3H3,(H,38,44)/t24-,28+/m0/s1. The number of piperidine rings is 1. The highest BCUT2D eigenvalue weighted by atomic mass is 16.5. The van der Waals surface area contributed by atoms with Gasteiger partial charge in [0.05, 0.1) is 30.1 Å². The first-order chi connectivity index (χ1) is 22.9. The molecule has 3 N–H and O–H groups in total. The van der Waals surface area contributed by atoms with Gasteiger partial charge in [0.15, 0.2) is 5.82 Å². The van der Waals surface area contributed by atoms with Gasteiger partial charge >= 0.3 is 0 Å². The summed E-state index contributed by atoms with van der Waals surface area (Å²) in [7, 11) is 5.24. The van der Waals surface area contributed by atoms with E-state index < -0.39 is 0 Å². The summed E-state index contributed by atoms with van der Waals surface area (Å²) < 4.78 is 15.6. The van der Waals surface area contributed by atoms with Gasteiger partial charge in [0.1, 0.15) is 22.6 Å². The minimum atomic E-state index is -0.245. The third-order valence-electron chi connectivity index (χ3n) is 9.45. The van der Waals surface area contributed by atoms with Gasteiger partial charge in [-0.3, -0.25) is 14.6 Å². The summed E-state index contributed by atoms with van der Waals surface area (Å²) in [6.07, 6.45) is 6.11. The number of imidazole rings is 1. The van der Waals surface area contributed by atoms with Crippen molar-refractivity contribution in [2.24, 2.45) is 12.8 Å². The van der Waals surface area contributed by atoms with Crippen LogP contribution in [0.3, 0.4) is 0 Å². The molecule has 2 bridgehead atoms. The van der Waals surface area contributed by atoms with Crippen LogP contribution in [-0.2, 0) is 18.3 Å². The smallest absolute Gasteiger partial charge is 0.270 e. The van der Waals surface area contributed by atoms with Crippen LogP contribution in [0.25, 0.3) is 44.8 Å². The van der Waals surface area contributed by atoms with Crippen molar-refractivity contribution in [1.29, 1.82) is 0 Å². The number of aromatic nitrogens is 5. The molecule has 0 aliphatic carbocycles. The predicted molar refractivity (Wildman–Crippen MR) is 179 cm³/mol. The molecule has 244 valence electrons. The van der Waals surface area contributed by atoms with Crippen LogP contribution in [0.5, 0.6) is 5.75 Å². The van der Waals surface area contributed by atoms with E-state index in [2.05, 4.69) is 20.9 Å². The fraction of sp³-hybridized carbons (Fsp3) is 0.400. The van der Waals surface area contributed by atoms with Gasteiger partial charge in [0.2, 0.25) is 0 Å². The van der Waals surface area contributed by atoms with Crippen molar-refractivity contribution in [1.82, 2.24) is 34.3 Å². The quantitative estimate of drug-likeness (QED) is 0.300. The Morgan fingerprint density at radius 3 is 2.70 bits per heavy atom. The lowest BCUT2D eigenvalue weighted by molar-refractivity contribution is 0.0227. The van der Waals surface area contributed by atoms with Crippen molar-refractivity contribution in [2.45, 2.75) is 50.8 Å². The number of amides is 2. The zero-order valence-corrected chi connectivity index (χ0v) is 27.0. The SMILES string of the molecule is COc1cc(C(=O)N2CC[C@@H](OC)[C@@H](N)C2)cc2nc(-c3cc4ccc5nc4n3CCCCCCNC(=O)c3ncccc3-5)n(C)c12. The number of rotatable bonds is 4. The fourth-order valence-electron chi connectivity index (χ4n) is 6.95. The number of nitrogens with two attached hydrogens (primary N) is 1. The molecule has 2 atom stereocenters.